The number of nitrogens with zero attached hydrogens (tertiary/aromatic N) is 5. The third-order valence-electron chi connectivity index (χ3n) is 4.30. The SMILES string of the molecule is Cc1cc(NC(=O)c2ccnn2C)n(-c2nc3cc(C)c(C)cc3s2)n1. The molecule has 4 aromatic rings. The molecule has 0 aliphatic carbocycles. The first-order chi connectivity index (χ1) is 12.4. The summed E-state index contributed by atoms with van der Waals surface area (Å²) in [6.07, 6.45) is 1.59. The summed E-state index contributed by atoms with van der Waals surface area (Å²) >= 11 is 1.55. The summed E-state index contributed by atoms with van der Waals surface area (Å²) in [4.78, 5) is 17.2. The zero-order valence-electron chi connectivity index (χ0n) is 14.9. The molecule has 0 radical (unpaired) electrons. The Labute approximate surface area is 154 Å². The van der Waals surface area contributed by atoms with Crippen LogP contribution in [-0.2, 0) is 7.05 Å². The molecule has 0 spiro atoms. The largest absolute Gasteiger partial charge is 0.305 e. The van der Waals surface area contributed by atoms with Crippen molar-refractivity contribution in [2.45, 2.75) is 20.8 Å². The molecule has 0 unspecified atom stereocenters. The van der Waals surface area contributed by atoms with Crippen LogP contribution in [0.2, 0.25) is 0 Å². The van der Waals surface area contributed by atoms with Gasteiger partial charge in [-0.3, -0.25) is 9.48 Å². The second-order valence-electron chi connectivity index (χ2n) is 6.28. The van der Waals surface area contributed by atoms with Gasteiger partial charge in [0.15, 0.2) is 0 Å². The second kappa shape index (κ2) is 6.06. The van der Waals surface area contributed by atoms with Crippen molar-refractivity contribution in [3.8, 4) is 5.13 Å². The number of hydrogen-bond acceptors (Lipinski definition) is 5. The summed E-state index contributed by atoms with van der Waals surface area (Å²) in [6, 6.07) is 7.72. The van der Waals surface area contributed by atoms with Gasteiger partial charge in [-0.1, -0.05) is 11.3 Å². The molecule has 132 valence electrons. The Kier molecular flexibility index (Phi) is 3.84. The average molecular weight is 366 g/mol. The Bertz CT molecular complexity index is 1100. The minimum absolute atomic E-state index is 0.237. The molecule has 8 heteroatoms. The van der Waals surface area contributed by atoms with Crippen LogP contribution < -0.4 is 5.32 Å². The Balaban J connectivity index is 1.74. The van der Waals surface area contributed by atoms with Crippen molar-refractivity contribution in [3.05, 3.63) is 53.0 Å². The molecule has 0 aliphatic heterocycles. The van der Waals surface area contributed by atoms with Gasteiger partial charge in [0.1, 0.15) is 11.5 Å². The van der Waals surface area contributed by atoms with Gasteiger partial charge in [0.2, 0.25) is 5.13 Å². The van der Waals surface area contributed by atoms with E-state index in [1.54, 1.807) is 35.3 Å². The van der Waals surface area contributed by atoms with E-state index in [1.807, 2.05) is 13.0 Å². The molecule has 4 rings (SSSR count). The molecular formula is C18H18N6OS. The van der Waals surface area contributed by atoms with Crippen molar-refractivity contribution in [1.82, 2.24) is 24.5 Å². The van der Waals surface area contributed by atoms with Gasteiger partial charge >= 0.3 is 0 Å². The molecule has 0 bridgehead atoms. The number of thiazole rings is 1. The van der Waals surface area contributed by atoms with Gasteiger partial charge in [0, 0.05) is 19.3 Å². The zero-order chi connectivity index (χ0) is 18.4. The topological polar surface area (TPSA) is 77.6 Å². The summed E-state index contributed by atoms with van der Waals surface area (Å²) in [7, 11) is 1.73. The first-order valence-electron chi connectivity index (χ1n) is 8.16. The number of amides is 1. The highest BCUT2D eigenvalue weighted by molar-refractivity contribution is 7.20. The van der Waals surface area contributed by atoms with Crippen LogP contribution in [0.5, 0.6) is 0 Å². The molecule has 1 N–H and O–H groups in total. The fourth-order valence-electron chi connectivity index (χ4n) is 2.77. The number of aryl methyl sites for hydroxylation is 4. The second-order valence-corrected chi connectivity index (χ2v) is 7.29. The summed E-state index contributed by atoms with van der Waals surface area (Å²) in [5.41, 5.74) is 4.65. The van der Waals surface area contributed by atoms with Crippen LogP contribution in [0.1, 0.15) is 27.3 Å². The molecule has 3 heterocycles. The zero-order valence-corrected chi connectivity index (χ0v) is 15.8. The van der Waals surface area contributed by atoms with E-state index < -0.39 is 0 Å². The number of anilines is 1. The maximum Gasteiger partial charge on any atom is 0.275 e. The van der Waals surface area contributed by atoms with Crippen molar-refractivity contribution in [3.63, 3.8) is 0 Å². The van der Waals surface area contributed by atoms with Gasteiger partial charge in [-0.05, 0) is 50.1 Å². The number of hydrogen-bond donors (Lipinski definition) is 1. The predicted molar refractivity (Wildman–Crippen MR) is 102 cm³/mol. The third-order valence-corrected chi connectivity index (χ3v) is 5.29. The molecular weight excluding hydrogens is 348 g/mol. The first-order valence-corrected chi connectivity index (χ1v) is 8.98. The van der Waals surface area contributed by atoms with Crippen LogP contribution in [-0.4, -0.2) is 30.5 Å². The molecule has 1 aromatic carbocycles. The van der Waals surface area contributed by atoms with Gasteiger partial charge in [-0.15, -0.1) is 0 Å². The highest BCUT2D eigenvalue weighted by atomic mass is 32.1. The van der Waals surface area contributed by atoms with Crippen LogP contribution >= 0.6 is 11.3 Å². The van der Waals surface area contributed by atoms with E-state index in [4.69, 9.17) is 4.98 Å². The summed E-state index contributed by atoms with van der Waals surface area (Å²) in [6.45, 7) is 6.05. The standard InChI is InChI=1S/C18H18N6OS/c1-10-7-13-15(8-11(10)2)26-18(20-13)24-16(9-12(3)22-24)21-17(25)14-5-6-19-23(14)4/h5-9H,1-4H3,(H,21,25). The molecule has 1 amide bonds. The fraction of sp³-hybridized carbons (Fsp3) is 0.222. The first kappa shape index (κ1) is 16.5. The number of aromatic nitrogens is 5. The van der Waals surface area contributed by atoms with Crippen LogP contribution in [0.25, 0.3) is 15.3 Å². The van der Waals surface area contributed by atoms with E-state index in [0.29, 0.717) is 11.5 Å². The van der Waals surface area contributed by atoms with Crippen LogP contribution in [0, 0.1) is 20.8 Å². The molecule has 0 fully saturated rings. The Morgan fingerprint density at radius 2 is 1.92 bits per heavy atom. The van der Waals surface area contributed by atoms with Crippen molar-refractivity contribution in [2.75, 3.05) is 5.32 Å². The molecule has 3 aromatic heterocycles. The lowest BCUT2D eigenvalue weighted by Crippen LogP contribution is -2.18. The van der Waals surface area contributed by atoms with E-state index in [-0.39, 0.29) is 5.91 Å². The lowest BCUT2D eigenvalue weighted by atomic mass is 10.1. The molecule has 0 aliphatic rings. The van der Waals surface area contributed by atoms with E-state index in [2.05, 4.69) is 41.5 Å². The van der Waals surface area contributed by atoms with Gasteiger partial charge in [-0.25, -0.2) is 4.98 Å². The number of carbonyl (C=O) groups is 1. The number of carbonyl (C=O) groups excluding carboxylic acids is 1. The molecule has 0 saturated carbocycles. The highest BCUT2D eigenvalue weighted by Crippen LogP contribution is 2.29. The highest BCUT2D eigenvalue weighted by Gasteiger charge is 2.17. The van der Waals surface area contributed by atoms with E-state index in [1.165, 1.54) is 15.8 Å². The van der Waals surface area contributed by atoms with Gasteiger partial charge in [0.25, 0.3) is 5.91 Å². The minimum atomic E-state index is -0.237. The predicted octanol–water partition coefficient (Wildman–Crippen LogP) is 3.39. The summed E-state index contributed by atoms with van der Waals surface area (Å²) < 4.78 is 4.31. The van der Waals surface area contributed by atoms with Crippen molar-refractivity contribution < 1.29 is 4.79 Å². The van der Waals surface area contributed by atoms with Crippen molar-refractivity contribution in [2.24, 2.45) is 7.05 Å². The summed E-state index contributed by atoms with van der Waals surface area (Å²) in [5.74, 6) is 0.347. The smallest absolute Gasteiger partial charge is 0.275 e. The molecule has 26 heavy (non-hydrogen) atoms. The van der Waals surface area contributed by atoms with E-state index in [9.17, 15) is 4.79 Å². The fourth-order valence-corrected chi connectivity index (χ4v) is 3.78. The summed E-state index contributed by atoms with van der Waals surface area (Å²) in [5, 5.41) is 12.2. The number of rotatable bonds is 3. The van der Waals surface area contributed by atoms with Crippen molar-refractivity contribution >= 4 is 33.3 Å². The van der Waals surface area contributed by atoms with Gasteiger partial charge in [-0.2, -0.15) is 14.9 Å². The lowest BCUT2D eigenvalue weighted by molar-refractivity contribution is 0.101. The number of fused-ring (bicyclic) bond motifs is 1. The van der Waals surface area contributed by atoms with Gasteiger partial charge in [0.05, 0.1) is 15.9 Å². The van der Waals surface area contributed by atoms with Crippen molar-refractivity contribution in [1.29, 1.82) is 0 Å². The molecule has 0 atom stereocenters. The number of nitrogens with one attached hydrogen (secondary N) is 1. The van der Waals surface area contributed by atoms with Crippen LogP contribution in [0.3, 0.4) is 0 Å². The van der Waals surface area contributed by atoms with Crippen LogP contribution in [0.4, 0.5) is 5.82 Å². The van der Waals surface area contributed by atoms with E-state index >= 15 is 0 Å². The average Bonchev–Trinajstić information content (AvgIpc) is 3.26. The normalized spacial score (nSPS) is 11.2. The Hall–Kier alpha value is -3.00. The Morgan fingerprint density at radius 3 is 2.65 bits per heavy atom. The lowest BCUT2D eigenvalue weighted by Gasteiger charge is -2.06. The molecule has 0 saturated heterocycles. The van der Waals surface area contributed by atoms with E-state index in [0.717, 1.165) is 21.0 Å². The Morgan fingerprint density at radius 1 is 1.15 bits per heavy atom. The maximum atomic E-state index is 12.5. The quantitative estimate of drug-likeness (QED) is 0.603. The van der Waals surface area contributed by atoms with Crippen LogP contribution in [0.15, 0.2) is 30.5 Å². The third kappa shape index (κ3) is 2.78. The minimum Gasteiger partial charge on any atom is -0.305 e. The maximum absolute atomic E-state index is 12.5. The van der Waals surface area contributed by atoms with Gasteiger partial charge < -0.3 is 5.32 Å². The monoisotopic (exact) mass is 366 g/mol. The molecule has 7 nitrogen and oxygen atoms in total. The number of benzene rings is 1.